The van der Waals surface area contributed by atoms with Crippen LogP contribution < -0.4 is 0 Å². The molecule has 0 fully saturated rings. The number of nitrogens with zero attached hydrogens (tertiary/aromatic N) is 4. The minimum Gasteiger partial charge on any atom is -0.453 e. The molecule has 0 saturated heterocycles. The SMILES string of the molecule is c1ccc(-c2ccc3cc(-c4nc(-c5ccc6c(c5)c5ccccc5n6-c5ccccc5)nc(-c5cc6ccccc6o5)n4)ccc3c2)cc1. The summed E-state index contributed by atoms with van der Waals surface area (Å²) in [5.41, 5.74) is 8.38. The molecule has 0 saturated carbocycles. The molecule has 234 valence electrons. The van der Waals surface area contributed by atoms with E-state index in [0.29, 0.717) is 23.2 Å². The first-order valence-corrected chi connectivity index (χ1v) is 16.7. The zero-order chi connectivity index (χ0) is 33.0. The quantitative estimate of drug-likeness (QED) is 0.188. The number of para-hydroxylation sites is 3. The molecule has 0 bridgehead atoms. The van der Waals surface area contributed by atoms with Gasteiger partial charge in [-0.3, -0.25) is 0 Å². The molecule has 3 aromatic heterocycles. The van der Waals surface area contributed by atoms with E-state index in [0.717, 1.165) is 55.0 Å². The Morgan fingerprint density at radius 2 is 0.980 bits per heavy atom. The lowest BCUT2D eigenvalue weighted by Gasteiger charge is -2.10. The van der Waals surface area contributed by atoms with Crippen LogP contribution in [0.2, 0.25) is 0 Å². The van der Waals surface area contributed by atoms with Gasteiger partial charge in [-0.15, -0.1) is 0 Å². The molecule has 5 nitrogen and oxygen atoms in total. The van der Waals surface area contributed by atoms with Crippen molar-refractivity contribution in [1.29, 1.82) is 0 Å². The maximum atomic E-state index is 6.29. The first-order valence-electron chi connectivity index (χ1n) is 16.7. The molecule has 0 aliphatic heterocycles. The molecule has 5 heteroatoms. The summed E-state index contributed by atoms with van der Waals surface area (Å²) in [6.45, 7) is 0. The number of furan rings is 1. The van der Waals surface area contributed by atoms with E-state index in [1.165, 1.54) is 16.5 Å². The van der Waals surface area contributed by atoms with Gasteiger partial charge in [0.25, 0.3) is 0 Å². The van der Waals surface area contributed by atoms with Gasteiger partial charge in [-0.1, -0.05) is 109 Å². The van der Waals surface area contributed by atoms with Crippen LogP contribution in [-0.2, 0) is 0 Å². The predicted octanol–water partition coefficient (Wildman–Crippen LogP) is 11.5. The lowest BCUT2D eigenvalue weighted by molar-refractivity contribution is 0.625. The largest absolute Gasteiger partial charge is 0.453 e. The summed E-state index contributed by atoms with van der Waals surface area (Å²) in [6, 6.07) is 58.9. The van der Waals surface area contributed by atoms with Crippen molar-refractivity contribution in [3.8, 4) is 51.2 Å². The molecular weight excluding hydrogens is 613 g/mol. The smallest absolute Gasteiger partial charge is 0.199 e. The van der Waals surface area contributed by atoms with Crippen LogP contribution in [0, 0.1) is 0 Å². The van der Waals surface area contributed by atoms with E-state index in [-0.39, 0.29) is 0 Å². The molecule has 3 heterocycles. The second-order valence-electron chi connectivity index (χ2n) is 12.5. The monoisotopic (exact) mass is 640 g/mol. The Bertz CT molecular complexity index is 2840. The highest BCUT2D eigenvalue weighted by Crippen LogP contribution is 2.36. The molecule has 0 aliphatic carbocycles. The van der Waals surface area contributed by atoms with E-state index < -0.39 is 0 Å². The lowest BCUT2D eigenvalue weighted by Crippen LogP contribution is -2.00. The summed E-state index contributed by atoms with van der Waals surface area (Å²) in [7, 11) is 0. The highest BCUT2D eigenvalue weighted by Gasteiger charge is 2.18. The van der Waals surface area contributed by atoms with Crippen LogP contribution in [0.3, 0.4) is 0 Å². The molecule has 10 aromatic rings. The molecule has 0 amide bonds. The first kappa shape index (κ1) is 28.2. The normalized spacial score (nSPS) is 11.6. The van der Waals surface area contributed by atoms with E-state index in [1.54, 1.807) is 0 Å². The van der Waals surface area contributed by atoms with Crippen LogP contribution in [-0.4, -0.2) is 19.5 Å². The Morgan fingerprint density at radius 1 is 0.380 bits per heavy atom. The van der Waals surface area contributed by atoms with E-state index >= 15 is 0 Å². The third kappa shape index (κ3) is 4.75. The number of hydrogen-bond acceptors (Lipinski definition) is 4. The lowest BCUT2D eigenvalue weighted by atomic mass is 10.00. The van der Waals surface area contributed by atoms with E-state index in [2.05, 4.69) is 132 Å². The van der Waals surface area contributed by atoms with Gasteiger partial charge in [-0.2, -0.15) is 0 Å². The van der Waals surface area contributed by atoms with Gasteiger partial charge in [0.15, 0.2) is 23.2 Å². The van der Waals surface area contributed by atoms with Gasteiger partial charge >= 0.3 is 0 Å². The number of aromatic nitrogens is 4. The van der Waals surface area contributed by atoms with Crippen molar-refractivity contribution in [3.05, 3.63) is 170 Å². The summed E-state index contributed by atoms with van der Waals surface area (Å²) >= 11 is 0. The average Bonchev–Trinajstić information content (AvgIpc) is 3.77. The van der Waals surface area contributed by atoms with Gasteiger partial charge in [-0.25, -0.2) is 15.0 Å². The van der Waals surface area contributed by atoms with Crippen molar-refractivity contribution in [1.82, 2.24) is 19.5 Å². The zero-order valence-corrected chi connectivity index (χ0v) is 26.9. The highest BCUT2D eigenvalue weighted by molar-refractivity contribution is 6.10. The third-order valence-corrected chi connectivity index (χ3v) is 9.43. The van der Waals surface area contributed by atoms with Crippen molar-refractivity contribution in [2.24, 2.45) is 0 Å². The van der Waals surface area contributed by atoms with Crippen LogP contribution in [0.15, 0.2) is 174 Å². The van der Waals surface area contributed by atoms with Gasteiger partial charge in [-0.05, 0) is 82.6 Å². The standard InChI is InChI=1S/C45H28N4O/c1-3-11-29(12-4-1)30-19-20-32-26-34(22-21-31(32)25-30)43-46-44(48-45(47-43)42-28-33-13-7-10-18-41(33)50-42)35-23-24-40-38(27-35)37-16-8-9-17-39(37)49(40)36-14-5-2-6-15-36/h1-28H. The maximum Gasteiger partial charge on any atom is 0.199 e. The fourth-order valence-corrected chi connectivity index (χ4v) is 7.00. The fourth-order valence-electron chi connectivity index (χ4n) is 7.00. The minimum absolute atomic E-state index is 0.493. The molecule has 50 heavy (non-hydrogen) atoms. The summed E-state index contributed by atoms with van der Waals surface area (Å²) in [5.74, 6) is 2.27. The molecule has 0 radical (unpaired) electrons. The molecule has 0 spiro atoms. The Hall–Kier alpha value is -6.85. The molecule has 10 rings (SSSR count). The fraction of sp³-hybridized carbons (Fsp3) is 0. The topological polar surface area (TPSA) is 56.7 Å². The Morgan fingerprint density at radius 3 is 1.78 bits per heavy atom. The van der Waals surface area contributed by atoms with Gasteiger partial charge in [0.1, 0.15) is 5.58 Å². The van der Waals surface area contributed by atoms with E-state index in [4.69, 9.17) is 19.4 Å². The Kier molecular flexibility index (Phi) is 6.42. The Balaban J connectivity index is 1.15. The van der Waals surface area contributed by atoms with Crippen LogP contribution in [0.5, 0.6) is 0 Å². The number of benzene rings is 7. The molecule has 0 aliphatic rings. The summed E-state index contributed by atoms with van der Waals surface area (Å²) in [4.78, 5) is 15.1. The number of fused-ring (bicyclic) bond motifs is 5. The number of hydrogen-bond donors (Lipinski definition) is 0. The van der Waals surface area contributed by atoms with Gasteiger partial charge in [0.2, 0.25) is 0 Å². The molecular formula is C45H28N4O. The summed E-state index contributed by atoms with van der Waals surface area (Å²) in [6.07, 6.45) is 0. The van der Waals surface area contributed by atoms with Crippen molar-refractivity contribution in [3.63, 3.8) is 0 Å². The van der Waals surface area contributed by atoms with Crippen molar-refractivity contribution >= 4 is 43.5 Å². The minimum atomic E-state index is 0.493. The summed E-state index contributed by atoms with van der Waals surface area (Å²) in [5, 5.41) is 5.58. The van der Waals surface area contributed by atoms with Crippen LogP contribution in [0.1, 0.15) is 0 Å². The average molecular weight is 641 g/mol. The first-order chi connectivity index (χ1) is 24.7. The molecule has 0 unspecified atom stereocenters. The zero-order valence-electron chi connectivity index (χ0n) is 26.9. The second-order valence-corrected chi connectivity index (χ2v) is 12.5. The van der Waals surface area contributed by atoms with E-state index in [1.807, 2.05) is 42.5 Å². The molecule has 7 aromatic carbocycles. The van der Waals surface area contributed by atoms with Gasteiger partial charge < -0.3 is 8.98 Å². The van der Waals surface area contributed by atoms with Crippen LogP contribution >= 0.6 is 0 Å². The van der Waals surface area contributed by atoms with E-state index in [9.17, 15) is 0 Å². The summed E-state index contributed by atoms with van der Waals surface area (Å²) < 4.78 is 8.60. The van der Waals surface area contributed by atoms with Crippen molar-refractivity contribution < 1.29 is 4.42 Å². The highest BCUT2D eigenvalue weighted by atomic mass is 16.3. The van der Waals surface area contributed by atoms with Crippen LogP contribution in [0.4, 0.5) is 0 Å². The molecule has 0 atom stereocenters. The van der Waals surface area contributed by atoms with Gasteiger partial charge in [0, 0.05) is 33.0 Å². The molecule has 0 N–H and O–H groups in total. The van der Waals surface area contributed by atoms with Crippen molar-refractivity contribution in [2.75, 3.05) is 0 Å². The van der Waals surface area contributed by atoms with Crippen molar-refractivity contribution in [2.45, 2.75) is 0 Å². The Labute approximate surface area is 287 Å². The third-order valence-electron chi connectivity index (χ3n) is 9.43. The van der Waals surface area contributed by atoms with Gasteiger partial charge in [0.05, 0.1) is 11.0 Å². The number of rotatable bonds is 5. The maximum absolute atomic E-state index is 6.29. The second kappa shape index (κ2) is 11.4. The van der Waals surface area contributed by atoms with Crippen LogP contribution in [0.25, 0.3) is 94.7 Å². The predicted molar refractivity (Wildman–Crippen MR) is 203 cm³/mol.